The summed E-state index contributed by atoms with van der Waals surface area (Å²) in [4.78, 5) is 32.5. The van der Waals surface area contributed by atoms with Crippen LogP contribution < -0.4 is 10.2 Å². The van der Waals surface area contributed by atoms with Gasteiger partial charge in [-0.05, 0) is 25.0 Å². The van der Waals surface area contributed by atoms with Crippen LogP contribution >= 0.6 is 11.3 Å². The number of carbonyl (C=O) groups is 1. The van der Waals surface area contributed by atoms with E-state index < -0.39 is 0 Å². The number of aromatic nitrogens is 4. The molecule has 1 N–H and O–H groups in total. The van der Waals surface area contributed by atoms with Gasteiger partial charge in [0.2, 0.25) is 5.91 Å². The number of hydrogen-bond acceptors (Lipinski definition) is 7. The van der Waals surface area contributed by atoms with Crippen molar-refractivity contribution in [3.8, 4) is 22.5 Å². The summed E-state index contributed by atoms with van der Waals surface area (Å²) < 4.78 is 0. The molecule has 0 radical (unpaired) electrons. The van der Waals surface area contributed by atoms with Crippen molar-refractivity contribution in [2.24, 2.45) is 5.92 Å². The maximum absolute atomic E-state index is 12.8. The minimum atomic E-state index is -0.0348. The number of nitrogens with one attached hydrogen (secondary N) is 1. The number of piperidine rings is 1. The zero-order valence-corrected chi connectivity index (χ0v) is 18.2. The van der Waals surface area contributed by atoms with E-state index in [-0.39, 0.29) is 11.8 Å². The number of carbonyl (C=O) groups excluding carboxylic acids is 1. The van der Waals surface area contributed by atoms with Gasteiger partial charge in [0, 0.05) is 54.0 Å². The van der Waals surface area contributed by atoms with E-state index in [2.05, 4.69) is 30.2 Å². The van der Waals surface area contributed by atoms with Crippen LogP contribution in [0.4, 0.5) is 10.9 Å². The van der Waals surface area contributed by atoms with Gasteiger partial charge in [0.05, 0.1) is 11.4 Å². The molecule has 8 heteroatoms. The highest BCUT2D eigenvalue weighted by Gasteiger charge is 2.26. The summed E-state index contributed by atoms with van der Waals surface area (Å²) in [5, 5.41) is 5.55. The molecule has 1 saturated heterocycles. The van der Waals surface area contributed by atoms with Crippen molar-refractivity contribution in [3.05, 3.63) is 72.6 Å². The quantitative estimate of drug-likeness (QED) is 0.489. The zero-order valence-electron chi connectivity index (χ0n) is 17.4. The van der Waals surface area contributed by atoms with Crippen LogP contribution in [0.25, 0.3) is 22.5 Å². The second-order valence-corrected chi connectivity index (χ2v) is 8.52. The molecule has 7 nitrogen and oxygen atoms in total. The third kappa shape index (κ3) is 4.50. The lowest BCUT2D eigenvalue weighted by Crippen LogP contribution is -2.38. The molecule has 32 heavy (non-hydrogen) atoms. The molecule has 0 bridgehead atoms. The molecule has 1 amide bonds. The van der Waals surface area contributed by atoms with Gasteiger partial charge in [-0.15, -0.1) is 11.3 Å². The summed E-state index contributed by atoms with van der Waals surface area (Å²) in [5.41, 5.74) is 3.74. The van der Waals surface area contributed by atoms with E-state index >= 15 is 0 Å². The molecule has 1 aromatic carbocycles. The van der Waals surface area contributed by atoms with Gasteiger partial charge in [0.1, 0.15) is 12.1 Å². The molecule has 0 unspecified atom stereocenters. The van der Waals surface area contributed by atoms with Gasteiger partial charge in [-0.2, -0.15) is 0 Å². The number of anilines is 2. The molecule has 1 aliphatic heterocycles. The lowest BCUT2D eigenvalue weighted by Gasteiger charge is -2.32. The molecule has 0 aliphatic carbocycles. The van der Waals surface area contributed by atoms with Gasteiger partial charge in [0.15, 0.2) is 5.13 Å². The molecular formula is C24H22N6OS. The molecule has 3 aromatic heterocycles. The zero-order chi connectivity index (χ0) is 21.8. The van der Waals surface area contributed by atoms with E-state index in [1.54, 1.807) is 18.7 Å². The Kier molecular flexibility index (Phi) is 5.85. The Morgan fingerprint density at radius 2 is 1.81 bits per heavy atom. The van der Waals surface area contributed by atoms with Crippen molar-refractivity contribution < 1.29 is 4.79 Å². The van der Waals surface area contributed by atoms with Crippen LogP contribution in [0, 0.1) is 5.92 Å². The highest BCUT2D eigenvalue weighted by Crippen LogP contribution is 2.28. The molecule has 1 fully saturated rings. The van der Waals surface area contributed by atoms with Crippen molar-refractivity contribution in [1.29, 1.82) is 0 Å². The maximum atomic E-state index is 12.8. The van der Waals surface area contributed by atoms with E-state index in [4.69, 9.17) is 0 Å². The van der Waals surface area contributed by atoms with E-state index in [0.717, 1.165) is 54.3 Å². The van der Waals surface area contributed by atoms with Gasteiger partial charge >= 0.3 is 0 Å². The first-order chi connectivity index (χ1) is 15.8. The summed E-state index contributed by atoms with van der Waals surface area (Å²) in [6, 6.07) is 15.9. The van der Waals surface area contributed by atoms with Crippen molar-refractivity contribution in [3.63, 3.8) is 0 Å². The molecule has 0 spiro atoms. The summed E-state index contributed by atoms with van der Waals surface area (Å²) in [5.74, 6) is 0.899. The summed E-state index contributed by atoms with van der Waals surface area (Å²) in [6.45, 7) is 1.56. The lowest BCUT2D eigenvalue weighted by molar-refractivity contribution is -0.120. The van der Waals surface area contributed by atoms with E-state index in [1.807, 2.05) is 53.9 Å². The highest BCUT2D eigenvalue weighted by atomic mass is 32.1. The van der Waals surface area contributed by atoms with Crippen LogP contribution in [-0.2, 0) is 4.79 Å². The predicted octanol–water partition coefficient (Wildman–Crippen LogP) is 4.52. The van der Waals surface area contributed by atoms with Gasteiger partial charge in [-0.1, -0.05) is 30.3 Å². The summed E-state index contributed by atoms with van der Waals surface area (Å²) in [6.07, 6.45) is 6.66. The molecule has 160 valence electrons. The number of hydrogen-bond donors (Lipinski definition) is 1. The van der Waals surface area contributed by atoms with Gasteiger partial charge in [-0.3, -0.25) is 9.78 Å². The Hall–Kier alpha value is -3.65. The number of rotatable bonds is 5. The normalized spacial score (nSPS) is 14.3. The van der Waals surface area contributed by atoms with Crippen LogP contribution in [0.3, 0.4) is 0 Å². The van der Waals surface area contributed by atoms with Crippen LogP contribution in [0.1, 0.15) is 12.8 Å². The van der Waals surface area contributed by atoms with Crippen LogP contribution in [-0.4, -0.2) is 38.9 Å². The fourth-order valence-corrected chi connectivity index (χ4v) is 4.57. The first-order valence-electron chi connectivity index (χ1n) is 10.6. The molecule has 0 saturated carbocycles. The second-order valence-electron chi connectivity index (χ2n) is 7.66. The number of amides is 1. The minimum absolute atomic E-state index is 0.0319. The van der Waals surface area contributed by atoms with Gasteiger partial charge < -0.3 is 10.2 Å². The minimum Gasteiger partial charge on any atom is -0.356 e. The lowest BCUT2D eigenvalue weighted by atomic mass is 9.96. The maximum Gasteiger partial charge on any atom is 0.229 e. The van der Waals surface area contributed by atoms with Crippen molar-refractivity contribution in [2.75, 3.05) is 23.3 Å². The van der Waals surface area contributed by atoms with E-state index in [1.165, 1.54) is 11.3 Å². The largest absolute Gasteiger partial charge is 0.356 e. The smallest absolute Gasteiger partial charge is 0.229 e. The molecule has 4 aromatic rings. The number of pyridine rings is 1. The SMILES string of the molecule is O=C(Nc1nc(-c2cccnc2)cs1)C1CCN(c2cc(-c3ccccc3)ncn2)CC1. The van der Waals surface area contributed by atoms with Crippen molar-refractivity contribution >= 4 is 28.2 Å². The average Bonchev–Trinajstić information content (AvgIpc) is 3.34. The third-order valence-electron chi connectivity index (χ3n) is 5.60. The molecule has 1 aliphatic rings. The first-order valence-corrected chi connectivity index (χ1v) is 11.4. The van der Waals surface area contributed by atoms with Crippen molar-refractivity contribution in [2.45, 2.75) is 12.8 Å². The Labute approximate surface area is 190 Å². The Bertz CT molecular complexity index is 1190. The Balaban J connectivity index is 1.19. The molecule has 5 rings (SSSR count). The van der Waals surface area contributed by atoms with E-state index in [0.29, 0.717) is 5.13 Å². The van der Waals surface area contributed by atoms with Crippen LogP contribution in [0.15, 0.2) is 72.6 Å². The fourth-order valence-electron chi connectivity index (χ4n) is 3.84. The van der Waals surface area contributed by atoms with Gasteiger partial charge in [0.25, 0.3) is 0 Å². The monoisotopic (exact) mass is 442 g/mol. The molecular weight excluding hydrogens is 420 g/mol. The first kappa shape index (κ1) is 20.3. The average molecular weight is 443 g/mol. The Morgan fingerprint density at radius 1 is 1.00 bits per heavy atom. The molecule has 0 atom stereocenters. The van der Waals surface area contributed by atoms with Crippen molar-refractivity contribution in [1.82, 2.24) is 19.9 Å². The topological polar surface area (TPSA) is 83.9 Å². The Morgan fingerprint density at radius 3 is 2.59 bits per heavy atom. The second kappa shape index (κ2) is 9.23. The standard InChI is InChI=1S/C24H22N6OS/c31-23(29-24-28-21(15-32-24)19-7-4-10-25-14-19)18-8-11-30(12-9-18)22-13-20(26-16-27-22)17-5-2-1-3-6-17/h1-7,10,13-16,18H,8-9,11-12H2,(H,28,29,31). The molecule has 4 heterocycles. The summed E-state index contributed by atoms with van der Waals surface area (Å²) in [7, 11) is 0. The fraction of sp³-hybridized carbons (Fsp3) is 0.208. The van der Waals surface area contributed by atoms with Gasteiger partial charge in [-0.25, -0.2) is 15.0 Å². The highest BCUT2D eigenvalue weighted by molar-refractivity contribution is 7.14. The third-order valence-corrected chi connectivity index (χ3v) is 6.36. The number of benzene rings is 1. The predicted molar refractivity (Wildman–Crippen MR) is 126 cm³/mol. The summed E-state index contributed by atoms with van der Waals surface area (Å²) >= 11 is 1.44. The van der Waals surface area contributed by atoms with Crippen LogP contribution in [0.2, 0.25) is 0 Å². The van der Waals surface area contributed by atoms with Crippen LogP contribution in [0.5, 0.6) is 0 Å². The number of nitrogens with zero attached hydrogens (tertiary/aromatic N) is 5. The number of thiazole rings is 1. The van der Waals surface area contributed by atoms with E-state index in [9.17, 15) is 4.79 Å².